The molecule has 0 aliphatic heterocycles. The Labute approximate surface area is 169 Å². The molecule has 144 valence electrons. The first kappa shape index (κ1) is 18.9. The van der Waals surface area contributed by atoms with Crippen LogP contribution in [0.1, 0.15) is 52.7 Å². The van der Waals surface area contributed by atoms with Crippen LogP contribution in [0.15, 0.2) is 66.9 Å². The van der Waals surface area contributed by atoms with Gasteiger partial charge in [-0.25, -0.2) is 0 Å². The number of hydrogen-bond donors (Lipinski definition) is 0. The lowest BCUT2D eigenvalue weighted by molar-refractivity contribution is 0.145. The third-order valence-electron chi connectivity index (χ3n) is 7.60. The van der Waals surface area contributed by atoms with Crippen molar-refractivity contribution in [2.75, 3.05) is 0 Å². The maximum absolute atomic E-state index is 4.70. The second kappa shape index (κ2) is 6.58. The van der Waals surface area contributed by atoms with Crippen molar-refractivity contribution in [1.82, 2.24) is 4.98 Å². The molecule has 2 aromatic carbocycles. The van der Waals surface area contributed by atoms with Crippen LogP contribution in [0.3, 0.4) is 0 Å². The standard InChI is InChI=1S/C27H31N/c1-18-19(2)27(5,6)24-16-22(12-13-23(24)26(18,3)4)25-17-21(14-15-28-25)20-10-8-7-9-11-20/h7-19H,1-6H3/t18-,19-/m0/s1. The summed E-state index contributed by atoms with van der Waals surface area (Å²) in [5, 5.41) is 0. The quantitative estimate of drug-likeness (QED) is 0.463. The highest BCUT2D eigenvalue weighted by atomic mass is 14.7. The molecule has 0 spiro atoms. The fourth-order valence-corrected chi connectivity index (χ4v) is 4.94. The molecule has 4 rings (SSSR count). The van der Waals surface area contributed by atoms with Gasteiger partial charge in [-0.2, -0.15) is 0 Å². The smallest absolute Gasteiger partial charge is 0.0708 e. The maximum atomic E-state index is 4.70. The summed E-state index contributed by atoms with van der Waals surface area (Å²) in [6.45, 7) is 14.4. The Bertz CT molecular complexity index is 998. The molecule has 0 N–H and O–H groups in total. The Balaban J connectivity index is 1.83. The van der Waals surface area contributed by atoms with Crippen molar-refractivity contribution < 1.29 is 0 Å². The predicted molar refractivity (Wildman–Crippen MR) is 119 cm³/mol. The van der Waals surface area contributed by atoms with Crippen LogP contribution in [0.5, 0.6) is 0 Å². The first-order valence-corrected chi connectivity index (χ1v) is 10.4. The predicted octanol–water partition coefficient (Wildman–Crippen LogP) is 7.26. The zero-order valence-electron chi connectivity index (χ0n) is 18.0. The Morgan fingerprint density at radius 1 is 0.643 bits per heavy atom. The lowest BCUT2D eigenvalue weighted by atomic mass is 9.53. The van der Waals surface area contributed by atoms with Gasteiger partial charge in [0.1, 0.15) is 0 Å². The monoisotopic (exact) mass is 369 g/mol. The van der Waals surface area contributed by atoms with E-state index in [1.807, 2.05) is 6.20 Å². The molecule has 1 aromatic heterocycles. The minimum atomic E-state index is 0.150. The minimum Gasteiger partial charge on any atom is -0.256 e. The summed E-state index contributed by atoms with van der Waals surface area (Å²) in [5.41, 5.74) is 8.00. The molecule has 1 heterocycles. The number of nitrogens with zero attached hydrogens (tertiary/aromatic N) is 1. The first-order chi connectivity index (χ1) is 13.2. The van der Waals surface area contributed by atoms with E-state index in [2.05, 4.69) is 102 Å². The maximum Gasteiger partial charge on any atom is 0.0708 e. The van der Waals surface area contributed by atoms with Crippen LogP contribution in [-0.4, -0.2) is 4.98 Å². The molecule has 2 atom stereocenters. The van der Waals surface area contributed by atoms with Crippen LogP contribution in [0.25, 0.3) is 22.4 Å². The van der Waals surface area contributed by atoms with Gasteiger partial charge in [0.2, 0.25) is 0 Å². The second-order valence-corrected chi connectivity index (χ2v) is 9.58. The summed E-state index contributed by atoms with van der Waals surface area (Å²) in [4.78, 5) is 4.70. The van der Waals surface area contributed by atoms with Gasteiger partial charge >= 0.3 is 0 Å². The Morgan fingerprint density at radius 3 is 1.96 bits per heavy atom. The summed E-state index contributed by atoms with van der Waals surface area (Å²) >= 11 is 0. The molecular formula is C27H31N. The van der Waals surface area contributed by atoms with Crippen molar-refractivity contribution in [3.8, 4) is 22.4 Å². The van der Waals surface area contributed by atoms with E-state index < -0.39 is 0 Å². The van der Waals surface area contributed by atoms with Crippen molar-refractivity contribution >= 4 is 0 Å². The third kappa shape index (κ3) is 2.89. The molecule has 0 saturated carbocycles. The lowest BCUT2D eigenvalue weighted by Gasteiger charge is -2.51. The van der Waals surface area contributed by atoms with Crippen LogP contribution in [0, 0.1) is 11.8 Å². The van der Waals surface area contributed by atoms with E-state index in [0.29, 0.717) is 11.8 Å². The van der Waals surface area contributed by atoms with E-state index in [4.69, 9.17) is 4.98 Å². The normalized spacial score (nSPS) is 22.5. The zero-order chi connectivity index (χ0) is 20.1. The second-order valence-electron chi connectivity index (χ2n) is 9.58. The summed E-state index contributed by atoms with van der Waals surface area (Å²) in [6, 6.07) is 21.8. The number of benzene rings is 2. The SMILES string of the molecule is C[C@H]1[C@H](C)C(C)(C)c2cc(-c3cc(-c4ccccc4)ccn3)ccc2C1(C)C. The number of pyridine rings is 1. The highest BCUT2D eigenvalue weighted by molar-refractivity contribution is 5.71. The zero-order valence-corrected chi connectivity index (χ0v) is 18.0. The van der Waals surface area contributed by atoms with Crippen LogP contribution in [0.2, 0.25) is 0 Å². The van der Waals surface area contributed by atoms with Crippen LogP contribution >= 0.6 is 0 Å². The van der Waals surface area contributed by atoms with Crippen LogP contribution < -0.4 is 0 Å². The molecular weight excluding hydrogens is 338 g/mol. The topological polar surface area (TPSA) is 12.9 Å². The fraction of sp³-hybridized carbons (Fsp3) is 0.370. The van der Waals surface area contributed by atoms with E-state index in [-0.39, 0.29) is 10.8 Å². The number of fused-ring (bicyclic) bond motifs is 1. The van der Waals surface area contributed by atoms with Gasteiger partial charge in [0.05, 0.1) is 5.69 Å². The molecule has 1 aliphatic carbocycles. The number of hydrogen-bond acceptors (Lipinski definition) is 1. The molecule has 0 bridgehead atoms. The first-order valence-electron chi connectivity index (χ1n) is 10.4. The summed E-state index contributed by atoms with van der Waals surface area (Å²) in [5.74, 6) is 1.26. The molecule has 28 heavy (non-hydrogen) atoms. The molecule has 1 heteroatoms. The van der Waals surface area contributed by atoms with Gasteiger partial charge in [0, 0.05) is 11.8 Å². The molecule has 1 aliphatic rings. The molecule has 0 amide bonds. The van der Waals surface area contributed by atoms with Crippen molar-refractivity contribution in [1.29, 1.82) is 0 Å². The molecule has 3 aromatic rings. The fourth-order valence-electron chi connectivity index (χ4n) is 4.94. The van der Waals surface area contributed by atoms with Crippen molar-refractivity contribution in [2.45, 2.75) is 52.4 Å². The van der Waals surface area contributed by atoms with E-state index in [9.17, 15) is 0 Å². The van der Waals surface area contributed by atoms with Gasteiger partial charge in [-0.3, -0.25) is 4.98 Å². The molecule has 1 nitrogen and oxygen atoms in total. The Morgan fingerprint density at radius 2 is 1.29 bits per heavy atom. The number of aromatic nitrogens is 1. The largest absolute Gasteiger partial charge is 0.256 e. The van der Waals surface area contributed by atoms with Crippen LogP contribution in [0.4, 0.5) is 0 Å². The van der Waals surface area contributed by atoms with Crippen molar-refractivity contribution in [3.63, 3.8) is 0 Å². The van der Waals surface area contributed by atoms with Crippen molar-refractivity contribution in [3.05, 3.63) is 78.0 Å². The summed E-state index contributed by atoms with van der Waals surface area (Å²) in [7, 11) is 0. The highest BCUT2D eigenvalue weighted by Crippen LogP contribution is 2.52. The molecule has 0 unspecified atom stereocenters. The van der Waals surface area contributed by atoms with Gasteiger partial charge in [0.15, 0.2) is 0 Å². The Hall–Kier alpha value is -2.41. The minimum absolute atomic E-state index is 0.150. The number of rotatable bonds is 2. The van der Waals surface area contributed by atoms with Gasteiger partial charge in [-0.1, -0.05) is 84.0 Å². The average Bonchev–Trinajstić information content (AvgIpc) is 2.72. The average molecular weight is 370 g/mol. The summed E-state index contributed by atoms with van der Waals surface area (Å²) in [6.07, 6.45) is 1.93. The third-order valence-corrected chi connectivity index (χ3v) is 7.60. The van der Waals surface area contributed by atoms with Crippen LogP contribution in [-0.2, 0) is 10.8 Å². The highest BCUT2D eigenvalue weighted by Gasteiger charge is 2.46. The van der Waals surface area contributed by atoms with E-state index in [1.54, 1.807) is 0 Å². The van der Waals surface area contributed by atoms with Gasteiger partial charge in [0.25, 0.3) is 0 Å². The summed E-state index contributed by atoms with van der Waals surface area (Å²) < 4.78 is 0. The lowest BCUT2D eigenvalue weighted by Crippen LogP contribution is -2.46. The Kier molecular flexibility index (Phi) is 4.45. The molecule has 0 radical (unpaired) electrons. The van der Waals surface area contributed by atoms with Gasteiger partial charge < -0.3 is 0 Å². The molecule has 0 saturated heterocycles. The van der Waals surface area contributed by atoms with E-state index in [1.165, 1.54) is 27.8 Å². The van der Waals surface area contributed by atoms with Gasteiger partial charge in [-0.15, -0.1) is 0 Å². The van der Waals surface area contributed by atoms with Gasteiger partial charge in [-0.05, 0) is 63.1 Å². The molecule has 0 fully saturated rings. The van der Waals surface area contributed by atoms with E-state index in [0.717, 1.165) is 5.69 Å². The van der Waals surface area contributed by atoms with Crippen molar-refractivity contribution in [2.24, 2.45) is 11.8 Å². The van der Waals surface area contributed by atoms with E-state index >= 15 is 0 Å².